The quantitative estimate of drug-likeness (QED) is 0.119. The number of nitro groups is 2. The van der Waals surface area contributed by atoms with Gasteiger partial charge in [-0.2, -0.15) is 0 Å². The number of pyridine rings is 2. The van der Waals surface area contributed by atoms with Gasteiger partial charge in [-0.25, -0.2) is 35.6 Å². The van der Waals surface area contributed by atoms with Gasteiger partial charge < -0.3 is 11.1 Å². The molecule has 43 heavy (non-hydrogen) atoms. The topological polar surface area (TPSA) is 218 Å². The highest BCUT2D eigenvalue weighted by Crippen LogP contribution is 2.22. The Hall–Kier alpha value is -4.62. The van der Waals surface area contributed by atoms with Gasteiger partial charge in [0.05, 0.1) is 9.85 Å². The zero-order valence-electron chi connectivity index (χ0n) is 22.0. The molecule has 0 aliphatic carbocycles. The van der Waals surface area contributed by atoms with E-state index in [1.807, 2.05) is 0 Å². The van der Waals surface area contributed by atoms with E-state index in [9.17, 15) is 45.8 Å². The Balaban J connectivity index is 0.000000248. The van der Waals surface area contributed by atoms with Gasteiger partial charge in [-0.05, 0) is 64.5 Å². The Kier molecular flexibility index (Phi) is 11.7. The summed E-state index contributed by atoms with van der Waals surface area (Å²) < 4.78 is 71.5. The van der Waals surface area contributed by atoms with Gasteiger partial charge in [0.15, 0.2) is 19.7 Å². The summed E-state index contributed by atoms with van der Waals surface area (Å²) in [7, 11) is -7.11. The maximum atomic E-state index is 13.7. The Bertz CT molecular complexity index is 1850. The first-order chi connectivity index (χ1) is 19.9. The summed E-state index contributed by atoms with van der Waals surface area (Å²) in [6.45, 7) is 0. The summed E-state index contributed by atoms with van der Waals surface area (Å²) in [6, 6.07) is 12.5. The summed E-state index contributed by atoms with van der Waals surface area (Å²) >= 11 is 3.06. The lowest BCUT2D eigenvalue weighted by atomic mass is 10.3. The molecule has 4 rings (SSSR count). The maximum absolute atomic E-state index is 13.7. The third kappa shape index (κ3) is 10.9. The standard InChI is InChI=1S/C12H10FN3O4S.C7H8FNO2S.C5H3BrN2O2/c1-21(19,20)11-4-2-8(6-10(11)13)15-12-5-3-9(7-14-12)16(17)18;1-12(10,11)7-3-2-5(9)4-6(7)8;6-5-2-1-4(3-7-5)8(9)10/h2-7H,1H3,(H,14,15);2-4H,9H2,1H3;1-3H. The van der Waals surface area contributed by atoms with Crippen LogP contribution in [0.25, 0.3) is 0 Å². The van der Waals surface area contributed by atoms with Gasteiger partial charge >= 0.3 is 0 Å². The van der Waals surface area contributed by atoms with Gasteiger partial charge in [0.25, 0.3) is 11.4 Å². The van der Waals surface area contributed by atoms with Crippen molar-refractivity contribution >= 4 is 64.2 Å². The molecule has 2 aromatic carbocycles. The van der Waals surface area contributed by atoms with Gasteiger partial charge in [0.2, 0.25) is 0 Å². The minimum atomic E-state index is -3.63. The molecule has 0 saturated carbocycles. The van der Waals surface area contributed by atoms with Crippen LogP contribution in [-0.4, -0.2) is 49.2 Å². The molecule has 0 aliphatic heterocycles. The summed E-state index contributed by atoms with van der Waals surface area (Å²) in [5.41, 5.74) is 5.56. The molecular weight excluding hydrogens is 682 g/mol. The lowest BCUT2D eigenvalue weighted by Crippen LogP contribution is -2.02. The summed E-state index contributed by atoms with van der Waals surface area (Å²) in [5.74, 6) is -1.42. The van der Waals surface area contributed by atoms with E-state index in [-0.39, 0.29) is 33.5 Å². The molecule has 2 heterocycles. The normalized spacial score (nSPS) is 10.8. The van der Waals surface area contributed by atoms with Gasteiger partial charge in [-0.1, -0.05) is 0 Å². The first kappa shape index (κ1) is 34.6. The number of nitrogens with zero attached hydrogens (tertiary/aromatic N) is 4. The number of aromatic nitrogens is 2. The van der Waals surface area contributed by atoms with Crippen LogP contribution in [0.5, 0.6) is 0 Å². The molecule has 0 fully saturated rings. The summed E-state index contributed by atoms with van der Waals surface area (Å²) in [5, 5.41) is 23.3. The number of hydrogen-bond acceptors (Lipinski definition) is 12. The third-order valence-corrected chi connectivity index (χ3v) is 7.57. The fourth-order valence-corrected chi connectivity index (χ4v) is 4.58. The summed E-state index contributed by atoms with van der Waals surface area (Å²) in [4.78, 5) is 26.2. The van der Waals surface area contributed by atoms with Crippen molar-refractivity contribution in [2.24, 2.45) is 0 Å². The average molecular weight is 704 g/mol. The van der Waals surface area contributed by atoms with Crippen LogP contribution in [0.1, 0.15) is 0 Å². The number of nitrogen functional groups attached to an aromatic ring is 1. The van der Waals surface area contributed by atoms with E-state index in [4.69, 9.17) is 5.73 Å². The lowest BCUT2D eigenvalue weighted by Gasteiger charge is -2.07. The Morgan fingerprint density at radius 3 is 1.65 bits per heavy atom. The maximum Gasteiger partial charge on any atom is 0.287 e. The van der Waals surface area contributed by atoms with E-state index >= 15 is 0 Å². The molecule has 0 unspecified atom stereocenters. The molecule has 0 atom stereocenters. The number of rotatable bonds is 6. The first-order valence-corrected chi connectivity index (χ1v) is 15.8. The highest BCUT2D eigenvalue weighted by Gasteiger charge is 2.15. The molecule has 0 spiro atoms. The second kappa shape index (κ2) is 14.5. The van der Waals surface area contributed by atoms with Crippen LogP contribution < -0.4 is 11.1 Å². The van der Waals surface area contributed by atoms with Crippen LogP contribution in [0.4, 0.5) is 37.3 Å². The van der Waals surface area contributed by atoms with Crippen molar-refractivity contribution in [3.05, 3.63) is 110 Å². The van der Waals surface area contributed by atoms with Crippen molar-refractivity contribution < 1.29 is 35.5 Å². The SMILES string of the molecule is CS(=O)(=O)c1ccc(N)cc1F.CS(=O)(=O)c1ccc(Nc2ccc([N+](=O)[O-])cn2)cc1F.O=[N+]([O-])c1ccc(Br)nc1. The highest BCUT2D eigenvalue weighted by molar-refractivity contribution is 9.10. The van der Waals surface area contributed by atoms with Gasteiger partial charge in [-0.15, -0.1) is 0 Å². The second-order valence-corrected chi connectivity index (χ2v) is 13.0. The predicted octanol–water partition coefficient (Wildman–Crippen LogP) is 4.84. The van der Waals surface area contributed by atoms with Crippen LogP contribution in [0.2, 0.25) is 0 Å². The number of anilines is 3. The van der Waals surface area contributed by atoms with E-state index in [2.05, 4.69) is 31.2 Å². The number of sulfone groups is 2. The average Bonchev–Trinajstić information content (AvgIpc) is 2.88. The Morgan fingerprint density at radius 1 is 0.767 bits per heavy atom. The molecular formula is C24H21BrF2N6O8S2. The molecule has 2 aromatic heterocycles. The number of benzene rings is 2. The predicted molar refractivity (Wildman–Crippen MR) is 156 cm³/mol. The van der Waals surface area contributed by atoms with E-state index in [0.717, 1.165) is 43.0 Å². The molecule has 0 aliphatic rings. The number of nitrogens with one attached hydrogen (secondary N) is 1. The zero-order chi connectivity index (χ0) is 32.5. The van der Waals surface area contributed by atoms with Gasteiger partial charge in [-0.3, -0.25) is 20.2 Å². The monoisotopic (exact) mass is 702 g/mol. The molecule has 3 N–H and O–H groups in total. The molecule has 4 aromatic rings. The van der Waals surface area contributed by atoms with E-state index in [0.29, 0.717) is 4.60 Å². The summed E-state index contributed by atoms with van der Waals surface area (Å²) in [6.07, 6.45) is 4.12. The van der Waals surface area contributed by atoms with Gasteiger partial charge in [0, 0.05) is 36.0 Å². The minimum Gasteiger partial charge on any atom is -0.399 e. The van der Waals surface area contributed by atoms with Crippen LogP contribution in [-0.2, 0) is 19.7 Å². The van der Waals surface area contributed by atoms with E-state index in [1.165, 1.54) is 42.6 Å². The van der Waals surface area contributed by atoms with Crippen molar-refractivity contribution in [2.75, 3.05) is 23.6 Å². The number of halogens is 3. The molecule has 0 saturated heterocycles. The van der Waals surface area contributed by atoms with Gasteiger partial charge in [0.1, 0.15) is 44.2 Å². The smallest absolute Gasteiger partial charge is 0.287 e. The highest BCUT2D eigenvalue weighted by atomic mass is 79.9. The fraction of sp³-hybridized carbons (Fsp3) is 0.0833. The van der Waals surface area contributed by atoms with E-state index < -0.39 is 46.1 Å². The molecule has 0 radical (unpaired) electrons. The Morgan fingerprint density at radius 2 is 1.26 bits per heavy atom. The lowest BCUT2D eigenvalue weighted by molar-refractivity contribution is -0.385. The van der Waals surface area contributed by atoms with Crippen LogP contribution in [0.15, 0.2) is 87.5 Å². The number of nitrogens with two attached hydrogens (primary N) is 1. The minimum absolute atomic E-state index is 0.00296. The van der Waals surface area contributed by atoms with Crippen LogP contribution in [0.3, 0.4) is 0 Å². The Labute approximate surface area is 251 Å². The van der Waals surface area contributed by atoms with Crippen LogP contribution in [0, 0.1) is 31.9 Å². The molecule has 0 amide bonds. The zero-order valence-corrected chi connectivity index (χ0v) is 25.2. The third-order valence-electron chi connectivity index (χ3n) is 4.84. The second-order valence-electron chi connectivity index (χ2n) is 8.26. The molecule has 19 heteroatoms. The number of hydrogen-bond donors (Lipinski definition) is 2. The molecule has 0 bridgehead atoms. The van der Waals surface area contributed by atoms with Crippen molar-refractivity contribution in [1.29, 1.82) is 0 Å². The van der Waals surface area contributed by atoms with Crippen molar-refractivity contribution in [3.8, 4) is 0 Å². The van der Waals surface area contributed by atoms with Crippen molar-refractivity contribution in [3.63, 3.8) is 0 Å². The largest absolute Gasteiger partial charge is 0.399 e. The fourth-order valence-electron chi connectivity index (χ4n) is 2.89. The van der Waals surface area contributed by atoms with Crippen molar-refractivity contribution in [2.45, 2.75) is 9.79 Å². The van der Waals surface area contributed by atoms with Crippen LogP contribution >= 0.6 is 15.9 Å². The van der Waals surface area contributed by atoms with E-state index in [1.54, 1.807) is 0 Å². The van der Waals surface area contributed by atoms with Crippen molar-refractivity contribution in [1.82, 2.24) is 9.97 Å². The molecule has 14 nitrogen and oxygen atoms in total. The first-order valence-electron chi connectivity index (χ1n) is 11.3. The molecule has 228 valence electrons.